The van der Waals surface area contributed by atoms with Gasteiger partial charge in [0.05, 0.1) is 0 Å². The molecule has 0 saturated carbocycles. The van der Waals surface area contributed by atoms with E-state index in [0.717, 1.165) is 11.6 Å². The van der Waals surface area contributed by atoms with Crippen molar-refractivity contribution in [2.24, 2.45) is 0 Å². The van der Waals surface area contributed by atoms with E-state index in [-0.39, 0.29) is 5.91 Å². The van der Waals surface area contributed by atoms with Crippen LogP contribution in [0.2, 0.25) is 5.02 Å². The van der Waals surface area contributed by atoms with Crippen molar-refractivity contribution >= 4 is 23.3 Å². The SMILES string of the molecule is O=C(c1cccc(Cl)c1)N1CCN(c2ccc(-n3ccnc3)nn2)CC1. The van der Waals surface area contributed by atoms with E-state index in [1.165, 1.54) is 0 Å². The van der Waals surface area contributed by atoms with Crippen LogP contribution in [-0.4, -0.2) is 56.7 Å². The molecule has 3 aromatic rings. The number of imidazole rings is 1. The highest BCUT2D eigenvalue weighted by Gasteiger charge is 2.23. The second kappa shape index (κ2) is 7.13. The van der Waals surface area contributed by atoms with Crippen molar-refractivity contribution in [1.82, 2.24) is 24.6 Å². The van der Waals surface area contributed by atoms with Gasteiger partial charge in [-0.05, 0) is 30.3 Å². The van der Waals surface area contributed by atoms with Gasteiger partial charge in [-0.15, -0.1) is 10.2 Å². The first-order chi connectivity index (χ1) is 12.7. The summed E-state index contributed by atoms with van der Waals surface area (Å²) in [6.07, 6.45) is 5.21. The smallest absolute Gasteiger partial charge is 0.254 e. The molecular weight excluding hydrogens is 352 g/mol. The van der Waals surface area contributed by atoms with Crippen LogP contribution in [0.15, 0.2) is 55.1 Å². The Balaban J connectivity index is 1.39. The molecule has 0 spiro atoms. The van der Waals surface area contributed by atoms with Crippen molar-refractivity contribution in [3.8, 4) is 5.82 Å². The molecule has 1 aliphatic heterocycles. The number of anilines is 1. The van der Waals surface area contributed by atoms with Crippen LogP contribution >= 0.6 is 11.6 Å². The van der Waals surface area contributed by atoms with Crippen LogP contribution in [0.1, 0.15) is 10.4 Å². The van der Waals surface area contributed by atoms with Gasteiger partial charge in [0.1, 0.15) is 6.33 Å². The molecule has 1 fully saturated rings. The first kappa shape index (κ1) is 16.5. The molecule has 0 aliphatic carbocycles. The van der Waals surface area contributed by atoms with Crippen molar-refractivity contribution in [3.05, 3.63) is 65.7 Å². The second-order valence-electron chi connectivity index (χ2n) is 6.01. The Bertz CT molecular complexity index is 888. The predicted molar refractivity (Wildman–Crippen MR) is 98.7 cm³/mol. The third-order valence-corrected chi connectivity index (χ3v) is 4.60. The van der Waals surface area contributed by atoms with Gasteiger partial charge >= 0.3 is 0 Å². The Morgan fingerprint density at radius 1 is 1.00 bits per heavy atom. The van der Waals surface area contributed by atoms with E-state index in [2.05, 4.69) is 20.1 Å². The van der Waals surface area contributed by atoms with Crippen molar-refractivity contribution in [3.63, 3.8) is 0 Å². The number of hydrogen-bond acceptors (Lipinski definition) is 5. The van der Waals surface area contributed by atoms with Crippen molar-refractivity contribution in [2.45, 2.75) is 0 Å². The number of benzene rings is 1. The highest BCUT2D eigenvalue weighted by molar-refractivity contribution is 6.30. The second-order valence-corrected chi connectivity index (χ2v) is 6.45. The third-order valence-electron chi connectivity index (χ3n) is 4.37. The van der Waals surface area contributed by atoms with Gasteiger partial charge in [0, 0.05) is 49.2 Å². The summed E-state index contributed by atoms with van der Waals surface area (Å²) in [7, 11) is 0. The third kappa shape index (κ3) is 3.39. The maximum atomic E-state index is 12.6. The summed E-state index contributed by atoms with van der Waals surface area (Å²) in [6.45, 7) is 2.70. The number of carbonyl (C=O) groups is 1. The van der Waals surface area contributed by atoms with Crippen molar-refractivity contribution in [2.75, 3.05) is 31.1 Å². The zero-order valence-corrected chi connectivity index (χ0v) is 14.8. The normalized spacial score (nSPS) is 14.5. The quantitative estimate of drug-likeness (QED) is 0.709. The van der Waals surface area contributed by atoms with Crippen LogP contribution < -0.4 is 4.90 Å². The molecule has 4 rings (SSSR count). The van der Waals surface area contributed by atoms with Crippen LogP contribution in [-0.2, 0) is 0 Å². The fourth-order valence-electron chi connectivity index (χ4n) is 2.96. The Morgan fingerprint density at radius 3 is 2.42 bits per heavy atom. The number of nitrogens with zero attached hydrogens (tertiary/aromatic N) is 6. The fraction of sp³-hybridized carbons (Fsp3) is 0.222. The van der Waals surface area contributed by atoms with Crippen LogP contribution in [0.3, 0.4) is 0 Å². The maximum absolute atomic E-state index is 12.6. The average molecular weight is 369 g/mol. The lowest BCUT2D eigenvalue weighted by Gasteiger charge is -2.35. The van der Waals surface area contributed by atoms with Crippen LogP contribution in [0, 0.1) is 0 Å². The summed E-state index contributed by atoms with van der Waals surface area (Å²) in [4.78, 5) is 20.6. The summed E-state index contributed by atoms with van der Waals surface area (Å²) in [6, 6.07) is 10.9. The van der Waals surface area contributed by atoms with Gasteiger partial charge in [0.15, 0.2) is 11.6 Å². The molecule has 132 valence electrons. The van der Waals surface area contributed by atoms with Crippen LogP contribution in [0.5, 0.6) is 0 Å². The van der Waals surface area contributed by atoms with E-state index in [0.29, 0.717) is 36.8 Å². The molecule has 1 aliphatic rings. The molecular formula is C18H17ClN6O. The lowest BCUT2D eigenvalue weighted by molar-refractivity contribution is 0.0746. The summed E-state index contributed by atoms with van der Waals surface area (Å²) >= 11 is 5.98. The Morgan fingerprint density at radius 2 is 1.77 bits per heavy atom. The zero-order chi connectivity index (χ0) is 17.9. The minimum atomic E-state index is 0.00805. The summed E-state index contributed by atoms with van der Waals surface area (Å²) < 4.78 is 1.80. The highest BCUT2D eigenvalue weighted by Crippen LogP contribution is 2.17. The van der Waals surface area contributed by atoms with Crippen molar-refractivity contribution < 1.29 is 4.79 Å². The lowest BCUT2D eigenvalue weighted by atomic mass is 10.2. The molecule has 1 saturated heterocycles. The molecule has 0 bridgehead atoms. The Kier molecular flexibility index (Phi) is 4.53. The monoisotopic (exact) mass is 368 g/mol. The average Bonchev–Trinajstić information content (AvgIpc) is 3.23. The van der Waals surface area contributed by atoms with E-state index in [1.54, 1.807) is 41.4 Å². The van der Waals surface area contributed by atoms with Crippen LogP contribution in [0.4, 0.5) is 5.82 Å². The molecule has 0 radical (unpaired) electrons. The van der Waals surface area contributed by atoms with Crippen molar-refractivity contribution in [1.29, 1.82) is 0 Å². The van der Waals surface area contributed by atoms with Gasteiger partial charge in [0.2, 0.25) is 0 Å². The molecule has 0 N–H and O–H groups in total. The number of rotatable bonds is 3. The largest absolute Gasteiger partial charge is 0.352 e. The minimum Gasteiger partial charge on any atom is -0.352 e. The van der Waals surface area contributed by atoms with E-state index in [9.17, 15) is 4.79 Å². The molecule has 1 aromatic carbocycles. The molecule has 0 atom stereocenters. The topological polar surface area (TPSA) is 67.2 Å². The number of aromatic nitrogens is 4. The van der Waals surface area contributed by atoms with E-state index in [1.807, 2.05) is 23.2 Å². The highest BCUT2D eigenvalue weighted by atomic mass is 35.5. The van der Waals surface area contributed by atoms with Gasteiger partial charge in [-0.3, -0.25) is 9.36 Å². The lowest BCUT2D eigenvalue weighted by Crippen LogP contribution is -2.49. The number of carbonyl (C=O) groups excluding carboxylic acids is 1. The summed E-state index contributed by atoms with van der Waals surface area (Å²) in [5, 5.41) is 9.12. The maximum Gasteiger partial charge on any atom is 0.254 e. The number of hydrogen-bond donors (Lipinski definition) is 0. The van der Waals surface area contributed by atoms with Gasteiger partial charge < -0.3 is 9.80 Å². The number of amides is 1. The molecule has 1 amide bonds. The van der Waals surface area contributed by atoms with E-state index in [4.69, 9.17) is 11.6 Å². The Hall–Kier alpha value is -2.93. The molecule has 26 heavy (non-hydrogen) atoms. The molecule has 8 heteroatoms. The fourth-order valence-corrected chi connectivity index (χ4v) is 3.15. The van der Waals surface area contributed by atoms with Gasteiger partial charge in [-0.2, -0.15) is 0 Å². The number of halogens is 1. The first-order valence-corrected chi connectivity index (χ1v) is 8.70. The van der Waals surface area contributed by atoms with E-state index >= 15 is 0 Å². The predicted octanol–water partition coefficient (Wildman–Crippen LogP) is 2.28. The van der Waals surface area contributed by atoms with Gasteiger partial charge in [-0.1, -0.05) is 17.7 Å². The number of piperazine rings is 1. The summed E-state index contributed by atoms with van der Waals surface area (Å²) in [5.41, 5.74) is 0.621. The molecule has 3 heterocycles. The summed E-state index contributed by atoms with van der Waals surface area (Å²) in [5.74, 6) is 1.54. The first-order valence-electron chi connectivity index (χ1n) is 8.32. The van der Waals surface area contributed by atoms with E-state index < -0.39 is 0 Å². The molecule has 2 aromatic heterocycles. The van der Waals surface area contributed by atoms with Crippen LogP contribution in [0.25, 0.3) is 5.82 Å². The standard InChI is InChI=1S/C18H17ClN6O/c19-15-3-1-2-14(12-15)18(26)24-10-8-23(9-11-24)16-4-5-17(22-21-16)25-7-6-20-13-25/h1-7,12-13H,8-11H2. The zero-order valence-electron chi connectivity index (χ0n) is 14.0. The molecule has 7 nitrogen and oxygen atoms in total. The van der Waals surface area contributed by atoms with Gasteiger partial charge in [-0.25, -0.2) is 4.98 Å². The van der Waals surface area contributed by atoms with Gasteiger partial charge in [0.25, 0.3) is 5.91 Å². The molecule has 0 unspecified atom stereocenters. The minimum absolute atomic E-state index is 0.00805. The Labute approximate surface area is 155 Å².